The predicted octanol–water partition coefficient (Wildman–Crippen LogP) is 2.69. The summed E-state index contributed by atoms with van der Waals surface area (Å²) < 4.78 is 39.5. The SMILES string of the molecule is CCC(C)N1CC(C(=O)Nc2ccc(F)c(F)c2F)CC1=O. The summed E-state index contributed by atoms with van der Waals surface area (Å²) in [5.41, 5.74) is -0.432. The van der Waals surface area contributed by atoms with E-state index in [4.69, 9.17) is 0 Å². The quantitative estimate of drug-likeness (QED) is 0.869. The summed E-state index contributed by atoms with van der Waals surface area (Å²) in [6.07, 6.45) is 0.791. The monoisotopic (exact) mass is 314 g/mol. The van der Waals surface area contributed by atoms with Crippen LogP contribution in [0.5, 0.6) is 0 Å². The Morgan fingerprint density at radius 1 is 1.36 bits per heavy atom. The molecule has 1 saturated heterocycles. The standard InChI is InChI=1S/C15H17F3N2O2/c1-3-8(2)20-7-9(6-12(20)21)15(22)19-11-5-4-10(16)13(17)14(11)18/h4-5,8-9H,3,6-7H2,1-2H3,(H,19,22). The third kappa shape index (κ3) is 3.08. The van der Waals surface area contributed by atoms with E-state index < -0.39 is 35.0 Å². The molecule has 22 heavy (non-hydrogen) atoms. The first-order chi connectivity index (χ1) is 10.3. The predicted molar refractivity (Wildman–Crippen MR) is 74.5 cm³/mol. The van der Waals surface area contributed by atoms with E-state index in [0.717, 1.165) is 18.6 Å². The molecule has 0 radical (unpaired) electrons. The number of nitrogens with zero attached hydrogens (tertiary/aromatic N) is 1. The summed E-state index contributed by atoms with van der Waals surface area (Å²) in [5.74, 6) is -5.76. The molecule has 2 unspecified atom stereocenters. The van der Waals surface area contributed by atoms with Gasteiger partial charge < -0.3 is 10.2 Å². The largest absolute Gasteiger partial charge is 0.339 e. The van der Waals surface area contributed by atoms with Gasteiger partial charge in [-0.2, -0.15) is 0 Å². The van der Waals surface area contributed by atoms with E-state index >= 15 is 0 Å². The smallest absolute Gasteiger partial charge is 0.229 e. The zero-order valence-corrected chi connectivity index (χ0v) is 12.3. The van der Waals surface area contributed by atoms with Crippen molar-refractivity contribution in [1.29, 1.82) is 0 Å². The van der Waals surface area contributed by atoms with Crippen molar-refractivity contribution in [3.8, 4) is 0 Å². The number of likely N-dealkylation sites (tertiary alicyclic amines) is 1. The Kier molecular flexibility index (Phi) is 4.73. The Hall–Kier alpha value is -2.05. The maximum Gasteiger partial charge on any atom is 0.229 e. The van der Waals surface area contributed by atoms with Crippen LogP contribution in [0, 0.1) is 23.4 Å². The van der Waals surface area contributed by atoms with Crippen molar-refractivity contribution in [3.05, 3.63) is 29.6 Å². The highest BCUT2D eigenvalue weighted by Crippen LogP contribution is 2.25. The molecule has 2 rings (SSSR count). The average molecular weight is 314 g/mol. The zero-order valence-electron chi connectivity index (χ0n) is 12.3. The Morgan fingerprint density at radius 2 is 2.05 bits per heavy atom. The lowest BCUT2D eigenvalue weighted by atomic mass is 10.1. The number of carbonyl (C=O) groups is 2. The highest BCUT2D eigenvalue weighted by molar-refractivity contribution is 5.97. The van der Waals surface area contributed by atoms with Crippen LogP contribution in [-0.2, 0) is 9.59 Å². The normalized spacial score (nSPS) is 19.4. The van der Waals surface area contributed by atoms with Gasteiger partial charge in [0.05, 0.1) is 11.6 Å². The Bertz CT molecular complexity index is 607. The van der Waals surface area contributed by atoms with E-state index in [1.54, 1.807) is 4.90 Å². The van der Waals surface area contributed by atoms with Crippen LogP contribution in [-0.4, -0.2) is 29.3 Å². The highest BCUT2D eigenvalue weighted by atomic mass is 19.2. The van der Waals surface area contributed by atoms with Crippen LogP contribution in [0.1, 0.15) is 26.7 Å². The topological polar surface area (TPSA) is 49.4 Å². The molecule has 0 spiro atoms. The fraction of sp³-hybridized carbons (Fsp3) is 0.467. The summed E-state index contributed by atoms with van der Waals surface area (Å²) in [4.78, 5) is 25.6. The van der Waals surface area contributed by atoms with Crippen molar-refractivity contribution in [2.24, 2.45) is 5.92 Å². The number of anilines is 1. The van der Waals surface area contributed by atoms with Crippen LogP contribution in [0.4, 0.5) is 18.9 Å². The minimum Gasteiger partial charge on any atom is -0.339 e. The third-order valence-corrected chi connectivity index (χ3v) is 3.95. The lowest BCUT2D eigenvalue weighted by molar-refractivity contribution is -0.129. The van der Waals surface area contributed by atoms with E-state index in [9.17, 15) is 22.8 Å². The van der Waals surface area contributed by atoms with Crippen LogP contribution in [0.2, 0.25) is 0 Å². The van der Waals surface area contributed by atoms with Crippen molar-refractivity contribution in [2.75, 3.05) is 11.9 Å². The van der Waals surface area contributed by atoms with Crippen LogP contribution in [0.3, 0.4) is 0 Å². The minimum absolute atomic E-state index is 0.0188. The van der Waals surface area contributed by atoms with Crippen molar-refractivity contribution >= 4 is 17.5 Å². The minimum atomic E-state index is -1.64. The first-order valence-electron chi connectivity index (χ1n) is 7.09. The molecule has 0 aliphatic carbocycles. The van der Waals surface area contributed by atoms with Crippen LogP contribution < -0.4 is 5.32 Å². The molecule has 1 aromatic rings. The lowest BCUT2D eigenvalue weighted by Crippen LogP contribution is -2.35. The molecule has 2 atom stereocenters. The van der Waals surface area contributed by atoms with Gasteiger partial charge in [0.25, 0.3) is 0 Å². The van der Waals surface area contributed by atoms with E-state index in [0.29, 0.717) is 0 Å². The van der Waals surface area contributed by atoms with Crippen LogP contribution >= 0.6 is 0 Å². The maximum atomic E-state index is 13.5. The number of benzene rings is 1. The molecule has 1 aliphatic heterocycles. The third-order valence-electron chi connectivity index (χ3n) is 3.95. The lowest BCUT2D eigenvalue weighted by Gasteiger charge is -2.23. The Labute approximate surface area is 126 Å². The van der Waals surface area contributed by atoms with Crippen molar-refractivity contribution in [2.45, 2.75) is 32.7 Å². The molecular formula is C15H17F3N2O2. The first kappa shape index (κ1) is 16.3. The molecule has 1 heterocycles. The van der Waals surface area contributed by atoms with Gasteiger partial charge in [-0.15, -0.1) is 0 Å². The van der Waals surface area contributed by atoms with Gasteiger partial charge in [0, 0.05) is 19.0 Å². The summed E-state index contributed by atoms with van der Waals surface area (Å²) in [6, 6.07) is 1.71. The van der Waals surface area contributed by atoms with E-state index in [1.165, 1.54) is 0 Å². The maximum absolute atomic E-state index is 13.5. The number of rotatable bonds is 4. The molecular weight excluding hydrogens is 297 g/mol. The summed E-state index contributed by atoms with van der Waals surface area (Å²) >= 11 is 0. The van der Waals surface area contributed by atoms with E-state index in [2.05, 4.69) is 5.32 Å². The van der Waals surface area contributed by atoms with Gasteiger partial charge in [0.15, 0.2) is 17.5 Å². The number of hydrogen-bond donors (Lipinski definition) is 1. The van der Waals surface area contributed by atoms with Crippen molar-refractivity contribution in [3.63, 3.8) is 0 Å². The summed E-state index contributed by atoms with van der Waals surface area (Å²) in [6.45, 7) is 4.06. The molecule has 120 valence electrons. The van der Waals surface area contributed by atoms with Gasteiger partial charge >= 0.3 is 0 Å². The van der Waals surface area contributed by atoms with Gasteiger partial charge in [-0.3, -0.25) is 9.59 Å². The fourth-order valence-corrected chi connectivity index (χ4v) is 2.41. The molecule has 2 amide bonds. The van der Waals surface area contributed by atoms with Gasteiger partial charge in [0.2, 0.25) is 11.8 Å². The molecule has 4 nitrogen and oxygen atoms in total. The Morgan fingerprint density at radius 3 is 2.68 bits per heavy atom. The average Bonchev–Trinajstić information content (AvgIpc) is 2.89. The number of carbonyl (C=O) groups excluding carboxylic acids is 2. The number of amides is 2. The molecule has 1 N–H and O–H groups in total. The second-order valence-corrected chi connectivity index (χ2v) is 5.42. The highest BCUT2D eigenvalue weighted by Gasteiger charge is 2.36. The molecule has 1 aromatic carbocycles. The van der Waals surface area contributed by atoms with Gasteiger partial charge in [-0.05, 0) is 25.5 Å². The van der Waals surface area contributed by atoms with Crippen LogP contribution in [0.25, 0.3) is 0 Å². The van der Waals surface area contributed by atoms with Crippen molar-refractivity contribution < 1.29 is 22.8 Å². The van der Waals surface area contributed by atoms with Gasteiger partial charge in [-0.1, -0.05) is 6.92 Å². The zero-order chi connectivity index (χ0) is 16.4. The Balaban J connectivity index is 2.08. The molecule has 0 saturated carbocycles. The second kappa shape index (κ2) is 6.37. The fourth-order valence-electron chi connectivity index (χ4n) is 2.41. The summed E-state index contributed by atoms with van der Waals surface area (Å²) in [5, 5.41) is 2.22. The second-order valence-electron chi connectivity index (χ2n) is 5.42. The number of nitrogens with one attached hydrogen (secondary N) is 1. The van der Waals surface area contributed by atoms with Crippen molar-refractivity contribution in [1.82, 2.24) is 4.90 Å². The molecule has 0 aromatic heterocycles. The number of hydrogen-bond acceptors (Lipinski definition) is 2. The van der Waals surface area contributed by atoms with Gasteiger partial charge in [0.1, 0.15) is 0 Å². The molecule has 1 fully saturated rings. The van der Waals surface area contributed by atoms with Gasteiger partial charge in [-0.25, -0.2) is 13.2 Å². The van der Waals surface area contributed by atoms with Crippen LogP contribution in [0.15, 0.2) is 12.1 Å². The molecule has 0 bridgehead atoms. The van der Waals surface area contributed by atoms with E-state index in [-0.39, 0.29) is 24.9 Å². The summed E-state index contributed by atoms with van der Waals surface area (Å²) in [7, 11) is 0. The van der Waals surface area contributed by atoms with E-state index in [1.807, 2.05) is 13.8 Å². The molecule has 7 heteroatoms. The first-order valence-corrected chi connectivity index (χ1v) is 7.09. The number of halogens is 3. The molecule has 1 aliphatic rings.